The summed E-state index contributed by atoms with van der Waals surface area (Å²) in [5.74, 6) is -1.04. The molecule has 3 unspecified atom stereocenters. The van der Waals surface area contributed by atoms with Crippen LogP contribution in [0.25, 0.3) is 0 Å². The van der Waals surface area contributed by atoms with Crippen molar-refractivity contribution in [3.05, 3.63) is 0 Å². The molecule has 3 N–H and O–H groups in total. The third-order valence-corrected chi connectivity index (χ3v) is 3.04. The summed E-state index contributed by atoms with van der Waals surface area (Å²) in [6, 6.07) is -0.141. The van der Waals surface area contributed by atoms with Crippen molar-refractivity contribution in [3.63, 3.8) is 0 Å². The number of carboxylic acid groups (broad SMARTS) is 1. The Hall–Kier alpha value is -1.10. The summed E-state index contributed by atoms with van der Waals surface area (Å²) in [5.41, 5.74) is 5.58. The standard InChI is InChI=1S/C11H20N2O3/c1-7(12)5-10(14)13-4-3-9(11(15)16)6-8(13)2/h7-9H,3-6,12H2,1-2H3,(H,15,16). The largest absolute Gasteiger partial charge is 0.481 e. The normalized spacial score (nSPS) is 27.6. The lowest BCUT2D eigenvalue weighted by atomic mass is 9.91. The molecular weight excluding hydrogens is 208 g/mol. The molecular formula is C11H20N2O3. The number of likely N-dealkylation sites (tertiary alicyclic amines) is 1. The Kier molecular flexibility index (Phi) is 4.29. The van der Waals surface area contributed by atoms with Gasteiger partial charge in [-0.2, -0.15) is 0 Å². The van der Waals surface area contributed by atoms with Crippen LogP contribution < -0.4 is 5.73 Å². The number of carbonyl (C=O) groups is 2. The van der Waals surface area contributed by atoms with E-state index in [1.54, 1.807) is 11.8 Å². The maximum Gasteiger partial charge on any atom is 0.306 e. The molecule has 1 heterocycles. The molecule has 0 saturated carbocycles. The van der Waals surface area contributed by atoms with E-state index in [-0.39, 0.29) is 23.9 Å². The predicted molar refractivity (Wildman–Crippen MR) is 59.8 cm³/mol. The zero-order valence-corrected chi connectivity index (χ0v) is 9.85. The molecule has 0 spiro atoms. The highest BCUT2D eigenvalue weighted by atomic mass is 16.4. The number of carbonyl (C=O) groups excluding carboxylic acids is 1. The molecule has 3 atom stereocenters. The van der Waals surface area contributed by atoms with E-state index in [1.165, 1.54) is 0 Å². The number of piperidine rings is 1. The summed E-state index contributed by atoms with van der Waals surface area (Å²) < 4.78 is 0. The highest BCUT2D eigenvalue weighted by molar-refractivity contribution is 5.78. The smallest absolute Gasteiger partial charge is 0.306 e. The fraction of sp³-hybridized carbons (Fsp3) is 0.818. The van der Waals surface area contributed by atoms with Gasteiger partial charge in [0.05, 0.1) is 5.92 Å². The van der Waals surface area contributed by atoms with Crippen molar-refractivity contribution >= 4 is 11.9 Å². The van der Waals surface area contributed by atoms with Gasteiger partial charge in [0, 0.05) is 25.0 Å². The number of nitrogens with zero attached hydrogens (tertiary/aromatic N) is 1. The van der Waals surface area contributed by atoms with Gasteiger partial charge >= 0.3 is 5.97 Å². The number of aliphatic carboxylic acids is 1. The Labute approximate surface area is 95.6 Å². The second kappa shape index (κ2) is 5.30. The van der Waals surface area contributed by atoms with Crippen molar-refractivity contribution in [3.8, 4) is 0 Å². The summed E-state index contributed by atoms with van der Waals surface area (Å²) in [4.78, 5) is 24.4. The fourth-order valence-electron chi connectivity index (χ4n) is 2.16. The van der Waals surface area contributed by atoms with Gasteiger partial charge in [-0.1, -0.05) is 0 Å². The summed E-state index contributed by atoms with van der Waals surface area (Å²) in [6.45, 7) is 4.23. The number of nitrogens with two attached hydrogens (primary N) is 1. The van der Waals surface area contributed by atoms with Gasteiger partial charge < -0.3 is 15.7 Å². The molecule has 1 saturated heterocycles. The maximum absolute atomic E-state index is 11.8. The first-order valence-electron chi connectivity index (χ1n) is 5.69. The van der Waals surface area contributed by atoms with Crippen LogP contribution in [0.4, 0.5) is 0 Å². The topological polar surface area (TPSA) is 83.6 Å². The Morgan fingerprint density at radius 3 is 2.62 bits per heavy atom. The van der Waals surface area contributed by atoms with Gasteiger partial charge in [-0.15, -0.1) is 0 Å². The molecule has 1 aliphatic heterocycles. The molecule has 16 heavy (non-hydrogen) atoms. The van der Waals surface area contributed by atoms with E-state index < -0.39 is 5.97 Å². The number of carboxylic acids is 1. The van der Waals surface area contributed by atoms with Crippen LogP contribution in [0.3, 0.4) is 0 Å². The monoisotopic (exact) mass is 228 g/mol. The van der Waals surface area contributed by atoms with Crippen molar-refractivity contribution in [1.82, 2.24) is 4.90 Å². The van der Waals surface area contributed by atoms with Crippen LogP contribution in [0.2, 0.25) is 0 Å². The van der Waals surface area contributed by atoms with Crippen molar-refractivity contribution in [1.29, 1.82) is 0 Å². The highest BCUT2D eigenvalue weighted by Crippen LogP contribution is 2.23. The first-order chi connectivity index (χ1) is 7.41. The zero-order chi connectivity index (χ0) is 12.3. The van der Waals surface area contributed by atoms with Crippen LogP contribution in [0.5, 0.6) is 0 Å². The summed E-state index contributed by atoms with van der Waals surface area (Å²) >= 11 is 0. The van der Waals surface area contributed by atoms with Gasteiger partial charge in [0.15, 0.2) is 0 Å². The van der Waals surface area contributed by atoms with E-state index in [4.69, 9.17) is 10.8 Å². The van der Waals surface area contributed by atoms with Crippen LogP contribution in [-0.2, 0) is 9.59 Å². The molecule has 92 valence electrons. The van der Waals surface area contributed by atoms with E-state index in [0.717, 1.165) is 0 Å². The average molecular weight is 228 g/mol. The Morgan fingerprint density at radius 2 is 2.19 bits per heavy atom. The van der Waals surface area contributed by atoms with Crippen LogP contribution in [0.1, 0.15) is 33.1 Å². The molecule has 1 rings (SSSR count). The summed E-state index contributed by atoms with van der Waals surface area (Å²) in [6.07, 6.45) is 1.42. The van der Waals surface area contributed by atoms with E-state index >= 15 is 0 Å². The van der Waals surface area contributed by atoms with Gasteiger partial charge in [0.25, 0.3) is 0 Å². The van der Waals surface area contributed by atoms with E-state index in [1.807, 2.05) is 6.92 Å². The van der Waals surface area contributed by atoms with E-state index in [0.29, 0.717) is 25.8 Å². The second-order valence-electron chi connectivity index (χ2n) is 4.68. The minimum atomic E-state index is -0.758. The number of rotatable bonds is 3. The molecule has 0 bridgehead atoms. The molecule has 0 aromatic heterocycles. The molecule has 0 aliphatic carbocycles. The first kappa shape index (κ1) is 13.0. The van der Waals surface area contributed by atoms with Crippen molar-refractivity contribution < 1.29 is 14.7 Å². The average Bonchev–Trinajstić information content (AvgIpc) is 2.15. The maximum atomic E-state index is 11.8. The third kappa shape index (κ3) is 3.20. The van der Waals surface area contributed by atoms with Gasteiger partial charge in [-0.3, -0.25) is 9.59 Å². The molecule has 1 fully saturated rings. The number of hydrogen-bond acceptors (Lipinski definition) is 3. The molecule has 0 aromatic rings. The molecule has 0 radical (unpaired) electrons. The van der Waals surface area contributed by atoms with E-state index in [2.05, 4.69) is 0 Å². The zero-order valence-electron chi connectivity index (χ0n) is 9.85. The van der Waals surface area contributed by atoms with E-state index in [9.17, 15) is 9.59 Å². The van der Waals surface area contributed by atoms with Crippen molar-refractivity contribution in [2.75, 3.05) is 6.54 Å². The Morgan fingerprint density at radius 1 is 1.56 bits per heavy atom. The molecule has 5 nitrogen and oxygen atoms in total. The van der Waals surface area contributed by atoms with Crippen LogP contribution in [0.15, 0.2) is 0 Å². The molecule has 1 aliphatic rings. The fourth-order valence-corrected chi connectivity index (χ4v) is 2.16. The lowest BCUT2D eigenvalue weighted by molar-refractivity contribution is -0.147. The number of hydrogen-bond donors (Lipinski definition) is 2. The third-order valence-electron chi connectivity index (χ3n) is 3.04. The van der Waals surface area contributed by atoms with Crippen LogP contribution in [-0.4, -0.2) is 40.5 Å². The van der Waals surface area contributed by atoms with Gasteiger partial charge in [-0.05, 0) is 26.7 Å². The quantitative estimate of drug-likeness (QED) is 0.734. The second-order valence-corrected chi connectivity index (χ2v) is 4.68. The highest BCUT2D eigenvalue weighted by Gasteiger charge is 2.32. The van der Waals surface area contributed by atoms with Crippen LogP contribution in [0, 0.1) is 5.92 Å². The SMILES string of the molecule is CC(N)CC(=O)N1CCC(C(=O)O)CC1C. The molecule has 0 aromatic carbocycles. The first-order valence-corrected chi connectivity index (χ1v) is 5.69. The lowest BCUT2D eigenvalue weighted by Gasteiger charge is -2.36. The van der Waals surface area contributed by atoms with Gasteiger partial charge in [0.2, 0.25) is 5.91 Å². The summed E-state index contributed by atoms with van der Waals surface area (Å²) in [7, 11) is 0. The van der Waals surface area contributed by atoms with Crippen LogP contribution >= 0.6 is 0 Å². The summed E-state index contributed by atoms with van der Waals surface area (Å²) in [5, 5.41) is 8.90. The molecule has 1 amide bonds. The van der Waals surface area contributed by atoms with Crippen molar-refractivity contribution in [2.45, 2.75) is 45.2 Å². The predicted octanol–water partition coefficient (Wildman–Crippen LogP) is 0.435. The lowest BCUT2D eigenvalue weighted by Crippen LogP contribution is -2.47. The molecule has 5 heteroatoms. The minimum absolute atomic E-state index is 0.00102. The Balaban J connectivity index is 2.53. The Bertz CT molecular complexity index is 278. The number of amides is 1. The van der Waals surface area contributed by atoms with Crippen molar-refractivity contribution in [2.24, 2.45) is 11.7 Å². The van der Waals surface area contributed by atoms with Gasteiger partial charge in [-0.25, -0.2) is 0 Å². The van der Waals surface area contributed by atoms with Gasteiger partial charge in [0.1, 0.15) is 0 Å². The minimum Gasteiger partial charge on any atom is -0.481 e.